The lowest BCUT2D eigenvalue weighted by atomic mass is 10.1. The molecular formula is C20H22N2O2. The van der Waals surface area contributed by atoms with Crippen LogP contribution in [-0.2, 0) is 4.74 Å². The van der Waals surface area contributed by atoms with Crippen LogP contribution in [0.2, 0.25) is 0 Å². The predicted molar refractivity (Wildman–Crippen MR) is 97.6 cm³/mol. The van der Waals surface area contributed by atoms with Crippen molar-refractivity contribution in [3.8, 4) is 5.75 Å². The lowest BCUT2D eigenvalue weighted by molar-refractivity contribution is 0.303. The van der Waals surface area contributed by atoms with E-state index in [1.165, 1.54) is 5.56 Å². The normalized spacial score (nSPS) is 15.5. The lowest BCUT2D eigenvalue weighted by Gasteiger charge is -2.06. The summed E-state index contributed by atoms with van der Waals surface area (Å²) >= 11 is 0. The number of H-pyrrole nitrogens is 1. The van der Waals surface area contributed by atoms with Gasteiger partial charge >= 0.3 is 0 Å². The molecule has 0 radical (unpaired) electrons. The molecule has 0 unspecified atom stereocenters. The first-order chi connectivity index (χ1) is 11.5. The van der Waals surface area contributed by atoms with Crippen LogP contribution in [0, 0.1) is 20.8 Å². The van der Waals surface area contributed by atoms with Crippen LogP contribution in [0.25, 0.3) is 6.08 Å². The maximum Gasteiger partial charge on any atom is 0.146 e. The van der Waals surface area contributed by atoms with Crippen LogP contribution in [0.5, 0.6) is 5.75 Å². The smallest absolute Gasteiger partial charge is 0.146 e. The van der Waals surface area contributed by atoms with E-state index in [0.29, 0.717) is 0 Å². The van der Waals surface area contributed by atoms with Gasteiger partial charge in [0.15, 0.2) is 0 Å². The Morgan fingerprint density at radius 3 is 2.38 bits per heavy atom. The van der Waals surface area contributed by atoms with Crippen LogP contribution >= 0.6 is 0 Å². The first-order valence-electron chi connectivity index (χ1n) is 7.89. The number of aryl methyl sites for hydroxylation is 3. The predicted octanol–water partition coefficient (Wildman–Crippen LogP) is 4.32. The summed E-state index contributed by atoms with van der Waals surface area (Å²) in [5, 5.41) is 0. The third kappa shape index (κ3) is 3.00. The standard InChI is InChI=1S/C20H22N2O2/c1-12-8-14(3)21-16(12)10-18-20(24-5)11-17(22-18)15-6-7-19(23-4)13(2)9-15/h6-11,21H,1-5H3. The number of nitrogens with zero attached hydrogens (tertiary/aromatic N) is 1. The zero-order chi connectivity index (χ0) is 17.3. The van der Waals surface area contributed by atoms with Gasteiger partial charge in [-0.05, 0) is 62.2 Å². The highest BCUT2D eigenvalue weighted by Gasteiger charge is 2.17. The molecule has 0 amide bonds. The maximum atomic E-state index is 5.51. The van der Waals surface area contributed by atoms with Gasteiger partial charge in [-0.2, -0.15) is 0 Å². The fourth-order valence-corrected chi connectivity index (χ4v) is 2.90. The van der Waals surface area contributed by atoms with Crippen molar-refractivity contribution in [3.05, 3.63) is 69.9 Å². The maximum absolute atomic E-state index is 5.51. The highest BCUT2D eigenvalue weighted by Crippen LogP contribution is 2.27. The lowest BCUT2D eigenvalue weighted by Crippen LogP contribution is -1.96. The van der Waals surface area contributed by atoms with Gasteiger partial charge in [-0.25, -0.2) is 4.99 Å². The van der Waals surface area contributed by atoms with E-state index in [2.05, 4.69) is 24.0 Å². The van der Waals surface area contributed by atoms with E-state index in [-0.39, 0.29) is 0 Å². The highest BCUT2D eigenvalue weighted by atomic mass is 16.5. The van der Waals surface area contributed by atoms with Gasteiger partial charge in [-0.15, -0.1) is 0 Å². The van der Waals surface area contributed by atoms with E-state index in [9.17, 15) is 0 Å². The van der Waals surface area contributed by atoms with Crippen LogP contribution < -0.4 is 4.74 Å². The average Bonchev–Trinajstić information content (AvgIpc) is 3.10. The number of ether oxygens (including phenoxy) is 2. The minimum atomic E-state index is 0.769. The Kier molecular flexibility index (Phi) is 4.30. The Morgan fingerprint density at radius 1 is 1.00 bits per heavy atom. The molecule has 1 N–H and O–H groups in total. The Balaban J connectivity index is 2.00. The fraction of sp³-hybridized carbons (Fsp3) is 0.250. The average molecular weight is 322 g/mol. The number of nitrogens with one attached hydrogen (secondary N) is 1. The van der Waals surface area contributed by atoms with Crippen molar-refractivity contribution in [2.24, 2.45) is 4.99 Å². The summed E-state index contributed by atoms with van der Waals surface area (Å²) in [5.74, 6) is 1.65. The number of allylic oxidation sites excluding steroid dienone is 1. The molecule has 0 spiro atoms. The third-order valence-electron chi connectivity index (χ3n) is 4.14. The Labute approximate surface area is 142 Å². The van der Waals surface area contributed by atoms with Crippen molar-refractivity contribution < 1.29 is 9.47 Å². The molecule has 0 fully saturated rings. The summed E-state index contributed by atoms with van der Waals surface area (Å²) in [5.41, 5.74) is 7.23. The monoisotopic (exact) mass is 322 g/mol. The summed E-state index contributed by atoms with van der Waals surface area (Å²) in [6.45, 7) is 6.16. The molecular weight excluding hydrogens is 300 g/mol. The number of aliphatic imine (C=N–C) groups is 1. The highest BCUT2D eigenvalue weighted by molar-refractivity contribution is 6.12. The van der Waals surface area contributed by atoms with Gasteiger partial charge in [0.25, 0.3) is 0 Å². The molecule has 0 atom stereocenters. The number of methoxy groups -OCH3 is 2. The Bertz CT molecular complexity index is 870. The zero-order valence-electron chi connectivity index (χ0n) is 14.7. The SMILES string of the molecule is COC1=CC(c2ccc(OC)c(C)c2)=NC1=Cc1[nH]c(C)cc1C. The number of hydrogen-bond acceptors (Lipinski definition) is 3. The summed E-state index contributed by atoms with van der Waals surface area (Å²) in [6.07, 6.45) is 4.00. The van der Waals surface area contributed by atoms with Crippen molar-refractivity contribution in [1.82, 2.24) is 4.98 Å². The fourth-order valence-electron chi connectivity index (χ4n) is 2.90. The van der Waals surface area contributed by atoms with E-state index >= 15 is 0 Å². The van der Waals surface area contributed by atoms with Gasteiger partial charge in [0.1, 0.15) is 17.2 Å². The van der Waals surface area contributed by atoms with Crippen LogP contribution in [-0.4, -0.2) is 24.9 Å². The molecule has 0 aliphatic carbocycles. The van der Waals surface area contributed by atoms with Crippen molar-refractivity contribution in [2.75, 3.05) is 14.2 Å². The summed E-state index contributed by atoms with van der Waals surface area (Å²) in [6, 6.07) is 8.18. The van der Waals surface area contributed by atoms with Crippen LogP contribution in [0.3, 0.4) is 0 Å². The van der Waals surface area contributed by atoms with Crippen molar-refractivity contribution >= 4 is 11.8 Å². The van der Waals surface area contributed by atoms with Crippen LogP contribution in [0.15, 0.2) is 46.8 Å². The molecule has 0 saturated carbocycles. The van der Waals surface area contributed by atoms with Gasteiger partial charge in [-0.3, -0.25) is 0 Å². The number of hydrogen-bond donors (Lipinski definition) is 1. The minimum absolute atomic E-state index is 0.769. The second-order valence-corrected chi connectivity index (χ2v) is 5.97. The number of rotatable bonds is 4. The molecule has 24 heavy (non-hydrogen) atoms. The van der Waals surface area contributed by atoms with Crippen molar-refractivity contribution in [2.45, 2.75) is 20.8 Å². The molecule has 2 heterocycles. The van der Waals surface area contributed by atoms with E-state index < -0.39 is 0 Å². The quantitative estimate of drug-likeness (QED) is 0.911. The van der Waals surface area contributed by atoms with E-state index in [1.54, 1.807) is 14.2 Å². The minimum Gasteiger partial charge on any atom is -0.496 e. The van der Waals surface area contributed by atoms with E-state index in [1.807, 2.05) is 38.1 Å². The van der Waals surface area contributed by atoms with Gasteiger partial charge in [0.2, 0.25) is 0 Å². The molecule has 2 aromatic rings. The van der Waals surface area contributed by atoms with Gasteiger partial charge in [-0.1, -0.05) is 0 Å². The zero-order valence-corrected chi connectivity index (χ0v) is 14.7. The van der Waals surface area contributed by atoms with Gasteiger partial charge in [0, 0.05) is 23.0 Å². The Hall–Kier alpha value is -2.75. The van der Waals surface area contributed by atoms with Crippen LogP contribution in [0.1, 0.15) is 28.1 Å². The molecule has 1 aromatic heterocycles. The molecule has 0 bridgehead atoms. The first-order valence-corrected chi connectivity index (χ1v) is 7.89. The summed E-state index contributed by atoms with van der Waals surface area (Å²) in [7, 11) is 3.35. The number of aromatic nitrogens is 1. The third-order valence-corrected chi connectivity index (χ3v) is 4.14. The Morgan fingerprint density at radius 2 is 1.79 bits per heavy atom. The largest absolute Gasteiger partial charge is 0.496 e. The molecule has 1 aromatic carbocycles. The topological polar surface area (TPSA) is 46.6 Å². The van der Waals surface area contributed by atoms with Gasteiger partial charge in [0.05, 0.1) is 19.9 Å². The van der Waals surface area contributed by atoms with E-state index in [0.717, 1.165) is 45.4 Å². The van der Waals surface area contributed by atoms with Gasteiger partial charge < -0.3 is 14.5 Å². The summed E-state index contributed by atoms with van der Waals surface area (Å²) in [4.78, 5) is 8.10. The second-order valence-electron chi connectivity index (χ2n) is 5.97. The number of benzene rings is 1. The second kappa shape index (κ2) is 6.40. The van der Waals surface area contributed by atoms with E-state index in [4.69, 9.17) is 14.5 Å². The molecule has 4 heteroatoms. The molecule has 3 rings (SSSR count). The number of aromatic amines is 1. The molecule has 4 nitrogen and oxygen atoms in total. The van der Waals surface area contributed by atoms with Crippen molar-refractivity contribution in [1.29, 1.82) is 0 Å². The van der Waals surface area contributed by atoms with Crippen LogP contribution in [0.4, 0.5) is 0 Å². The molecule has 0 saturated heterocycles. The summed E-state index contributed by atoms with van der Waals surface area (Å²) < 4.78 is 10.8. The molecule has 1 aliphatic rings. The molecule has 1 aliphatic heterocycles. The van der Waals surface area contributed by atoms with Crippen molar-refractivity contribution in [3.63, 3.8) is 0 Å². The molecule has 124 valence electrons. The first kappa shape index (κ1) is 16.1.